The first-order valence-corrected chi connectivity index (χ1v) is 10.3. The Kier molecular flexibility index (Phi) is 4.34. The highest BCUT2D eigenvalue weighted by atomic mass is 32.1. The summed E-state index contributed by atoms with van der Waals surface area (Å²) in [5.74, 6) is -0.131. The molecule has 1 amide bonds. The fraction of sp³-hybridized carbons (Fsp3) is 0.0400. The van der Waals surface area contributed by atoms with Gasteiger partial charge in [0, 0.05) is 16.0 Å². The van der Waals surface area contributed by atoms with Crippen LogP contribution in [-0.4, -0.2) is 10.9 Å². The van der Waals surface area contributed by atoms with Gasteiger partial charge in [-0.15, -0.1) is 11.3 Å². The van der Waals surface area contributed by atoms with Crippen LogP contribution in [-0.2, 0) is 0 Å². The Morgan fingerprint density at radius 1 is 0.862 bits per heavy atom. The van der Waals surface area contributed by atoms with Crippen molar-refractivity contribution in [3.8, 4) is 10.6 Å². The molecule has 29 heavy (non-hydrogen) atoms. The zero-order chi connectivity index (χ0) is 19.8. The molecule has 0 aliphatic carbocycles. The molecule has 0 saturated carbocycles. The van der Waals surface area contributed by atoms with Crippen molar-refractivity contribution in [1.82, 2.24) is 4.98 Å². The van der Waals surface area contributed by atoms with E-state index < -0.39 is 0 Å². The van der Waals surface area contributed by atoms with Gasteiger partial charge in [0.15, 0.2) is 0 Å². The van der Waals surface area contributed by atoms with Gasteiger partial charge in [-0.05, 0) is 54.1 Å². The minimum atomic E-state index is -0.131. The highest BCUT2D eigenvalue weighted by molar-refractivity contribution is 7.15. The third-order valence-electron chi connectivity index (χ3n) is 4.96. The van der Waals surface area contributed by atoms with E-state index in [1.54, 1.807) is 11.3 Å². The average Bonchev–Trinajstić information content (AvgIpc) is 3.19. The summed E-state index contributed by atoms with van der Waals surface area (Å²) in [4.78, 5) is 20.3. The molecule has 2 heterocycles. The van der Waals surface area contributed by atoms with E-state index in [-0.39, 0.29) is 5.91 Å². The second kappa shape index (κ2) is 7.15. The van der Waals surface area contributed by atoms with Gasteiger partial charge >= 0.3 is 0 Å². The van der Waals surface area contributed by atoms with Crippen LogP contribution in [0.25, 0.3) is 32.2 Å². The van der Waals surface area contributed by atoms with Crippen molar-refractivity contribution >= 4 is 44.6 Å². The van der Waals surface area contributed by atoms with Crippen molar-refractivity contribution in [2.45, 2.75) is 6.92 Å². The van der Waals surface area contributed by atoms with Crippen LogP contribution < -0.4 is 5.32 Å². The molecule has 0 radical (unpaired) electrons. The first-order valence-electron chi connectivity index (χ1n) is 9.44. The molecule has 140 valence electrons. The molecule has 5 aromatic rings. The quantitative estimate of drug-likeness (QED) is 0.371. The van der Waals surface area contributed by atoms with Crippen LogP contribution in [0.1, 0.15) is 15.2 Å². The molecule has 0 aliphatic rings. The van der Waals surface area contributed by atoms with Gasteiger partial charge in [0.1, 0.15) is 0 Å². The van der Waals surface area contributed by atoms with Crippen molar-refractivity contribution in [2.24, 2.45) is 0 Å². The molecule has 2 aromatic heterocycles. The van der Waals surface area contributed by atoms with Crippen LogP contribution in [0.4, 0.5) is 5.69 Å². The first-order chi connectivity index (χ1) is 14.2. The maximum atomic E-state index is 13.2. The number of amides is 1. The van der Waals surface area contributed by atoms with Crippen LogP contribution in [0.5, 0.6) is 0 Å². The summed E-state index contributed by atoms with van der Waals surface area (Å²) in [5, 5.41) is 6.16. The lowest BCUT2D eigenvalue weighted by Crippen LogP contribution is -2.13. The van der Waals surface area contributed by atoms with E-state index in [9.17, 15) is 4.79 Å². The largest absolute Gasteiger partial charge is 0.322 e. The zero-order valence-electron chi connectivity index (χ0n) is 15.8. The number of carbonyl (C=O) groups excluding carboxylic acids is 1. The number of nitrogens with zero attached hydrogens (tertiary/aromatic N) is 1. The lowest BCUT2D eigenvalue weighted by atomic mass is 10.1. The van der Waals surface area contributed by atoms with Gasteiger partial charge in [-0.3, -0.25) is 4.79 Å². The van der Waals surface area contributed by atoms with Crippen molar-refractivity contribution < 1.29 is 4.79 Å². The summed E-state index contributed by atoms with van der Waals surface area (Å²) in [6.07, 6.45) is 0. The Hall–Kier alpha value is -3.50. The molecule has 0 aliphatic heterocycles. The zero-order valence-corrected chi connectivity index (χ0v) is 16.7. The SMILES string of the molecule is Cc1ccc(-c2cc(C(=O)Nc3ccc4ccccc4c3)c3ccccc3n2)s1. The number of aryl methyl sites for hydroxylation is 1. The van der Waals surface area contributed by atoms with Crippen LogP contribution in [0, 0.1) is 6.92 Å². The average molecular weight is 394 g/mol. The number of fused-ring (bicyclic) bond motifs is 2. The summed E-state index contributed by atoms with van der Waals surface area (Å²) in [7, 11) is 0. The normalized spacial score (nSPS) is 11.1. The molecule has 0 spiro atoms. The lowest BCUT2D eigenvalue weighted by molar-refractivity contribution is 0.102. The molecule has 0 fully saturated rings. The van der Waals surface area contributed by atoms with Gasteiger partial charge in [-0.1, -0.05) is 48.5 Å². The third kappa shape index (κ3) is 3.39. The summed E-state index contributed by atoms with van der Waals surface area (Å²) < 4.78 is 0. The second-order valence-corrected chi connectivity index (χ2v) is 8.29. The van der Waals surface area contributed by atoms with Gasteiger partial charge < -0.3 is 5.32 Å². The molecule has 4 heteroatoms. The molecule has 5 rings (SSSR count). The van der Waals surface area contributed by atoms with Gasteiger partial charge in [0.25, 0.3) is 5.91 Å². The van der Waals surface area contributed by atoms with Crippen molar-refractivity contribution in [2.75, 3.05) is 5.32 Å². The topological polar surface area (TPSA) is 42.0 Å². The molecule has 0 bridgehead atoms. The number of thiophene rings is 1. The number of benzene rings is 3. The molecular formula is C25H18N2OS. The maximum Gasteiger partial charge on any atom is 0.256 e. The monoisotopic (exact) mass is 394 g/mol. The number of para-hydroxylation sites is 1. The number of nitrogens with one attached hydrogen (secondary N) is 1. The van der Waals surface area contributed by atoms with E-state index in [1.807, 2.05) is 66.7 Å². The van der Waals surface area contributed by atoms with E-state index in [0.717, 1.165) is 37.9 Å². The van der Waals surface area contributed by atoms with Crippen LogP contribution in [0.2, 0.25) is 0 Å². The van der Waals surface area contributed by atoms with Crippen molar-refractivity contribution in [1.29, 1.82) is 0 Å². The van der Waals surface area contributed by atoms with Crippen molar-refractivity contribution in [3.63, 3.8) is 0 Å². The number of carbonyl (C=O) groups is 1. The fourth-order valence-corrected chi connectivity index (χ4v) is 4.36. The predicted octanol–water partition coefficient (Wildman–Crippen LogP) is 6.68. The second-order valence-electron chi connectivity index (χ2n) is 7.00. The van der Waals surface area contributed by atoms with Crippen LogP contribution in [0.3, 0.4) is 0 Å². The molecule has 3 aromatic carbocycles. The van der Waals surface area contributed by atoms with Gasteiger partial charge in [0.2, 0.25) is 0 Å². The fourth-order valence-electron chi connectivity index (χ4n) is 3.53. The predicted molar refractivity (Wildman–Crippen MR) is 122 cm³/mol. The Morgan fingerprint density at radius 3 is 2.48 bits per heavy atom. The molecule has 1 N–H and O–H groups in total. The van der Waals surface area contributed by atoms with E-state index in [4.69, 9.17) is 4.98 Å². The molecule has 0 unspecified atom stereocenters. The molecule has 3 nitrogen and oxygen atoms in total. The summed E-state index contributed by atoms with van der Waals surface area (Å²) >= 11 is 1.68. The third-order valence-corrected chi connectivity index (χ3v) is 5.98. The maximum absolute atomic E-state index is 13.2. The number of aromatic nitrogens is 1. The Morgan fingerprint density at radius 2 is 1.66 bits per heavy atom. The van der Waals surface area contributed by atoms with E-state index >= 15 is 0 Å². The van der Waals surface area contributed by atoms with E-state index in [0.29, 0.717) is 5.56 Å². The molecular weight excluding hydrogens is 376 g/mol. The van der Waals surface area contributed by atoms with Crippen molar-refractivity contribution in [3.05, 3.63) is 95.4 Å². The number of rotatable bonds is 3. The summed E-state index contributed by atoms with van der Waals surface area (Å²) in [6, 6.07) is 27.9. The van der Waals surface area contributed by atoms with E-state index in [2.05, 4.69) is 30.4 Å². The smallest absolute Gasteiger partial charge is 0.256 e. The Balaban J connectivity index is 1.57. The molecule has 0 saturated heterocycles. The van der Waals surface area contributed by atoms with Gasteiger partial charge in [-0.2, -0.15) is 0 Å². The standard InChI is InChI=1S/C25H18N2OS/c1-16-10-13-24(29-16)23-15-21(20-8-4-5-9-22(20)27-23)25(28)26-19-12-11-17-6-2-3-7-18(17)14-19/h2-15H,1H3,(H,26,28). The minimum absolute atomic E-state index is 0.131. The van der Waals surface area contributed by atoms with Crippen LogP contribution >= 0.6 is 11.3 Å². The molecule has 0 atom stereocenters. The lowest BCUT2D eigenvalue weighted by Gasteiger charge is -2.11. The summed E-state index contributed by atoms with van der Waals surface area (Å²) in [6.45, 7) is 2.07. The number of hydrogen-bond donors (Lipinski definition) is 1. The number of anilines is 1. The van der Waals surface area contributed by atoms with Gasteiger partial charge in [-0.25, -0.2) is 4.98 Å². The highest BCUT2D eigenvalue weighted by Crippen LogP contribution is 2.30. The Labute approximate surface area is 172 Å². The van der Waals surface area contributed by atoms with E-state index in [1.165, 1.54) is 4.88 Å². The summed E-state index contributed by atoms with van der Waals surface area (Å²) in [5.41, 5.74) is 3.05. The number of hydrogen-bond acceptors (Lipinski definition) is 3. The minimum Gasteiger partial charge on any atom is -0.322 e. The number of pyridine rings is 1. The van der Waals surface area contributed by atoms with Gasteiger partial charge in [0.05, 0.1) is 21.7 Å². The first kappa shape index (κ1) is 17.6. The highest BCUT2D eigenvalue weighted by Gasteiger charge is 2.15. The Bertz CT molecular complexity index is 1370. The van der Waals surface area contributed by atoms with Crippen LogP contribution in [0.15, 0.2) is 84.9 Å².